The lowest BCUT2D eigenvalue weighted by Crippen LogP contribution is -2.30. The third-order valence-corrected chi connectivity index (χ3v) is 4.26. The Morgan fingerprint density at radius 2 is 1.73 bits per heavy atom. The molecule has 0 aliphatic rings. The van der Waals surface area contributed by atoms with Crippen LogP contribution in [-0.4, -0.2) is 35.4 Å². The van der Waals surface area contributed by atoms with E-state index in [0.29, 0.717) is 11.3 Å². The number of carbonyl (C=O) groups excluding carboxylic acids is 2. The van der Waals surface area contributed by atoms with Crippen LogP contribution in [0.4, 0.5) is 10.1 Å². The smallest absolute Gasteiger partial charge is 0.374 e. The number of likely N-dealkylation sites (N-methyl/N-ethyl adjacent to an activating group) is 1. The molecule has 2 aromatic carbocycles. The molecule has 9 heteroatoms. The number of nitro groups is 1. The molecule has 1 heterocycles. The fourth-order valence-electron chi connectivity index (χ4n) is 2.61. The van der Waals surface area contributed by atoms with Crippen LogP contribution in [0.15, 0.2) is 65.1 Å². The van der Waals surface area contributed by atoms with E-state index in [4.69, 9.17) is 9.15 Å². The van der Waals surface area contributed by atoms with Crippen LogP contribution in [0.25, 0.3) is 11.3 Å². The molecule has 0 aliphatic carbocycles. The maximum atomic E-state index is 12.9. The summed E-state index contributed by atoms with van der Waals surface area (Å²) in [5.41, 5.74) is 1.22. The van der Waals surface area contributed by atoms with Crippen LogP contribution in [0.5, 0.6) is 0 Å². The van der Waals surface area contributed by atoms with Crippen LogP contribution < -0.4 is 0 Å². The zero-order chi connectivity index (χ0) is 21.7. The van der Waals surface area contributed by atoms with E-state index in [0.717, 1.165) is 5.56 Å². The van der Waals surface area contributed by atoms with E-state index in [2.05, 4.69) is 0 Å². The topological polar surface area (TPSA) is 103 Å². The van der Waals surface area contributed by atoms with Gasteiger partial charge in [-0.2, -0.15) is 0 Å². The molecular weight excluding hydrogens is 395 g/mol. The minimum Gasteiger partial charge on any atom is -0.450 e. The molecule has 0 radical (unpaired) electrons. The van der Waals surface area contributed by atoms with Crippen molar-refractivity contribution < 1.29 is 28.1 Å². The number of hydrogen-bond acceptors (Lipinski definition) is 6. The molecule has 1 amide bonds. The first-order valence-corrected chi connectivity index (χ1v) is 8.83. The zero-order valence-corrected chi connectivity index (χ0v) is 15.9. The highest BCUT2D eigenvalue weighted by Crippen LogP contribution is 2.24. The van der Waals surface area contributed by atoms with E-state index in [1.54, 1.807) is 19.2 Å². The molecule has 0 spiro atoms. The van der Waals surface area contributed by atoms with Crippen molar-refractivity contribution in [3.63, 3.8) is 0 Å². The molecule has 3 aromatic rings. The summed E-state index contributed by atoms with van der Waals surface area (Å²) in [5, 5.41) is 10.7. The summed E-state index contributed by atoms with van der Waals surface area (Å²) in [6.07, 6.45) is 0. The fraction of sp³-hybridized carbons (Fsp3) is 0.143. The molecule has 154 valence electrons. The Balaban J connectivity index is 1.55. The van der Waals surface area contributed by atoms with Crippen molar-refractivity contribution in [2.45, 2.75) is 6.54 Å². The van der Waals surface area contributed by atoms with Crippen molar-refractivity contribution in [2.75, 3.05) is 13.7 Å². The second kappa shape index (κ2) is 8.99. The summed E-state index contributed by atoms with van der Waals surface area (Å²) < 4.78 is 23.4. The summed E-state index contributed by atoms with van der Waals surface area (Å²) in [5.74, 6) is -1.39. The number of nitrogens with zero attached hydrogens (tertiary/aromatic N) is 2. The van der Waals surface area contributed by atoms with Crippen LogP contribution in [-0.2, 0) is 16.1 Å². The minimum absolute atomic E-state index is 0.0618. The van der Waals surface area contributed by atoms with Gasteiger partial charge in [0.1, 0.15) is 11.6 Å². The van der Waals surface area contributed by atoms with Crippen molar-refractivity contribution >= 4 is 17.6 Å². The van der Waals surface area contributed by atoms with Gasteiger partial charge in [0, 0.05) is 31.3 Å². The quantitative estimate of drug-likeness (QED) is 0.332. The average molecular weight is 412 g/mol. The number of esters is 1. The molecule has 0 fully saturated rings. The molecule has 30 heavy (non-hydrogen) atoms. The van der Waals surface area contributed by atoms with Crippen LogP contribution in [0.3, 0.4) is 0 Å². The first-order valence-electron chi connectivity index (χ1n) is 8.83. The third-order valence-electron chi connectivity index (χ3n) is 4.26. The molecule has 0 saturated heterocycles. The van der Waals surface area contributed by atoms with E-state index in [9.17, 15) is 24.1 Å². The Morgan fingerprint density at radius 1 is 1.07 bits per heavy atom. The Kier molecular flexibility index (Phi) is 6.21. The summed E-state index contributed by atoms with van der Waals surface area (Å²) in [6.45, 7) is -0.244. The first kappa shape index (κ1) is 20.7. The second-order valence-electron chi connectivity index (χ2n) is 6.42. The van der Waals surface area contributed by atoms with Gasteiger partial charge in [0.15, 0.2) is 6.61 Å². The van der Waals surface area contributed by atoms with Gasteiger partial charge >= 0.3 is 5.97 Å². The Hall–Kier alpha value is -4.01. The molecule has 3 rings (SSSR count). The van der Waals surface area contributed by atoms with Gasteiger partial charge in [-0.3, -0.25) is 14.9 Å². The molecule has 0 bridgehead atoms. The molecule has 1 aromatic heterocycles. The minimum atomic E-state index is -0.813. The first-order chi connectivity index (χ1) is 14.3. The molecule has 0 unspecified atom stereocenters. The average Bonchev–Trinajstić information content (AvgIpc) is 3.23. The number of non-ortho nitro benzene ring substituents is 1. The van der Waals surface area contributed by atoms with E-state index < -0.39 is 23.4 Å². The normalized spacial score (nSPS) is 10.5. The highest BCUT2D eigenvalue weighted by Gasteiger charge is 2.17. The number of carbonyl (C=O) groups is 2. The predicted molar refractivity (Wildman–Crippen MR) is 104 cm³/mol. The molecule has 0 saturated carbocycles. The van der Waals surface area contributed by atoms with Gasteiger partial charge in [0.25, 0.3) is 11.6 Å². The summed E-state index contributed by atoms with van der Waals surface area (Å²) in [7, 11) is 1.54. The van der Waals surface area contributed by atoms with E-state index in [1.165, 1.54) is 53.4 Å². The number of halogens is 1. The summed E-state index contributed by atoms with van der Waals surface area (Å²) in [4.78, 5) is 35.8. The third kappa shape index (κ3) is 5.07. The lowest BCUT2D eigenvalue weighted by Gasteiger charge is -2.17. The predicted octanol–water partition coefficient (Wildman–Crippen LogP) is 3.81. The highest BCUT2D eigenvalue weighted by atomic mass is 19.1. The van der Waals surface area contributed by atoms with E-state index in [-0.39, 0.29) is 23.8 Å². The fourth-order valence-corrected chi connectivity index (χ4v) is 2.61. The van der Waals surface area contributed by atoms with Crippen LogP contribution in [0.2, 0.25) is 0 Å². The number of hydrogen-bond donors (Lipinski definition) is 0. The van der Waals surface area contributed by atoms with Gasteiger partial charge in [-0.05, 0) is 42.0 Å². The Bertz CT molecular complexity index is 1060. The van der Waals surface area contributed by atoms with E-state index in [1.807, 2.05) is 0 Å². The number of benzene rings is 2. The van der Waals surface area contributed by atoms with Gasteiger partial charge in [-0.1, -0.05) is 12.1 Å². The van der Waals surface area contributed by atoms with Gasteiger partial charge in [0.05, 0.1) is 4.92 Å². The Morgan fingerprint density at radius 3 is 2.37 bits per heavy atom. The van der Waals surface area contributed by atoms with Crippen molar-refractivity contribution in [3.05, 3.63) is 87.9 Å². The van der Waals surface area contributed by atoms with Crippen LogP contribution in [0.1, 0.15) is 16.1 Å². The zero-order valence-electron chi connectivity index (χ0n) is 15.9. The molecule has 0 atom stereocenters. The lowest BCUT2D eigenvalue weighted by atomic mass is 10.1. The van der Waals surface area contributed by atoms with Crippen molar-refractivity contribution in [2.24, 2.45) is 0 Å². The van der Waals surface area contributed by atoms with Gasteiger partial charge in [-0.15, -0.1) is 0 Å². The molecule has 8 nitrogen and oxygen atoms in total. The summed E-state index contributed by atoms with van der Waals surface area (Å²) >= 11 is 0. The van der Waals surface area contributed by atoms with Gasteiger partial charge < -0.3 is 14.1 Å². The van der Waals surface area contributed by atoms with E-state index >= 15 is 0 Å². The SMILES string of the molecule is CN(Cc1ccc(F)cc1)C(=O)COC(=O)c1ccc(-c2ccc([N+](=O)[O-])cc2)o1. The summed E-state index contributed by atoms with van der Waals surface area (Å²) in [6, 6.07) is 14.3. The van der Waals surface area contributed by atoms with Crippen molar-refractivity contribution in [1.29, 1.82) is 0 Å². The van der Waals surface area contributed by atoms with Crippen molar-refractivity contribution in [3.8, 4) is 11.3 Å². The standard InChI is InChI=1S/C21H17FN2O6/c1-23(12-14-2-6-16(22)7-3-14)20(25)13-29-21(26)19-11-10-18(30-19)15-4-8-17(9-5-15)24(27)28/h2-11H,12-13H2,1H3. The maximum Gasteiger partial charge on any atom is 0.374 e. The number of ether oxygens (including phenoxy) is 1. The highest BCUT2D eigenvalue weighted by molar-refractivity contribution is 5.89. The lowest BCUT2D eigenvalue weighted by molar-refractivity contribution is -0.384. The van der Waals surface area contributed by atoms with Gasteiger partial charge in [0.2, 0.25) is 5.76 Å². The molecule has 0 aliphatic heterocycles. The van der Waals surface area contributed by atoms with Crippen LogP contribution in [0, 0.1) is 15.9 Å². The van der Waals surface area contributed by atoms with Crippen LogP contribution >= 0.6 is 0 Å². The molecule has 0 N–H and O–H groups in total. The maximum absolute atomic E-state index is 12.9. The van der Waals surface area contributed by atoms with Gasteiger partial charge in [-0.25, -0.2) is 9.18 Å². The molecular formula is C21H17FN2O6. The number of rotatable bonds is 7. The second-order valence-corrected chi connectivity index (χ2v) is 6.42. The number of amides is 1. The van der Waals surface area contributed by atoms with Crippen molar-refractivity contribution in [1.82, 2.24) is 4.90 Å². The number of furan rings is 1. The largest absolute Gasteiger partial charge is 0.450 e. The monoisotopic (exact) mass is 412 g/mol. The Labute approximate surface area is 170 Å². The number of nitro benzene ring substituents is 1.